The smallest absolute Gasteiger partial charge is 0.247 e. The monoisotopic (exact) mass is 568 g/mol. The number of methoxy groups -OCH3 is 1. The molecule has 1 aliphatic rings. The zero-order chi connectivity index (χ0) is 25.4. The molecule has 0 unspecified atom stereocenters. The molecule has 0 aliphatic carbocycles. The van der Waals surface area contributed by atoms with E-state index in [1.165, 1.54) is 0 Å². The molecule has 0 bridgehead atoms. The Hall–Kier alpha value is -3.74. The second-order valence-electron chi connectivity index (χ2n) is 8.76. The summed E-state index contributed by atoms with van der Waals surface area (Å²) in [6.07, 6.45) is 0.685. The SMILES string of the molecule is COc1ccccc1[C@@H]1CC(c2ccc(Br)cc2)=NN1c1nc(-c2ccccc2)c2cc(Cl)ccc2n1. The van der Waals surface area contributed by atoms with Crippen LogP contribution in [-0.4, -0.2) is 22.8 Å². The number of halogens is 2. The molecule has 1 aromatic heterocycles. The first-order chi connectivity index (χ1) is 18.1. The van der Waals surface area contributed by atoms with E-state index < -0.39 is 0 Å². The summed E-state index contributed by atoms with van der Waals surface area (Å²) in [5, 5.41) is 8.54. The quantitative estimate of drug-likeness (QED) is 0.215. The Labute approximate surface area is 228 Å². The first kappa shape index (κ1) is 23.6. The van der Waals surface area contributed by atoms with Gasteiger partial charge in [-0.3, -0.25) is 0 Å². The molecule has 182 valence electrons. The van der Waals surface area contributed by atoms with Crippen molar-refractivity contribution in [3.8, 4) is 17.0 Å². The van der Waals surface area contributed by atoms with E-state index in [2.05, 4.69) is 34.1 Å². The molecule has 0 saturated heterocycles. The Bertz CT molecular complexity index is 1620. The summed E-state index contributed by atoms with van der Waals surface area (Å²) in [6.45, 7) is 0. The molecule has 5 aromatic rings. The van der Waals surface area contributed by atoms with Crippen LogP contribution in [0.15, 0.2) is 107 Å². The number of hydrazone groups is 1. The van der Waals surface area contributed by atoms with Gasteiger partial charge in [-0.15, -0.1) is 0 Å². The van der Waals surface area contributed by atoms with Gasteiger partial charge in [0.05, 0.1) is 30.1 Å². The van der Waals surface area contributed by atoms with Crippen molar-refractivity contribution in [1.82, 2.24) is 9.97 Å². The van der Waals surface area contributed by atoms with Gasteiger partial charge in [-0.25, -0.2) is 15.0 Å². The minimum Gasteiger partial charge on any atom is -0.496 e. The average Bonchev–Trinajstić information content (AvgIpc) is 3.38. The molecule has 0 saturated carbocycles. The Morgan fingerprint density at radius 2 is 1.62 bits per heavy atom. The molecular formula is C30H22BrClN4O. The van der Waals surface area contributed by atoms with Crippen molar-refractivity contribution in [2.24, 2.45) is 5.10 Å². The highest BCUT2D eigenvalue weighted by molar-refractivity contribution is 9.10. The fraction of sp³-hybridized carbons (Fsp3) is 0.100. The van der Waals surface area contributed by atoms with E-state index in [0.29, 0.717) is 17.4 Å². The molecule has 37 heavy (non-hydrogen) atoms. The zero-order valence-electron chi connectivity index (χ0n) is 20.0. The van der Waals surface area contributed by atoms with Crippen LogP contribution in [0.1, 0.15) is 23.6 Å². The van der Waals surface area contributed by atoms with E-state index in [4.69, 9.17) is 31.4 Å². The lowest BCUT2D eigenvalue weighted by molar-refractivity contribution is 0.405. The minimum atomic E-state index is -0.136. The maximum atomic E-state index is 6.37. The van der Waals surface area contributed by atoms with Crippen molar-refractivity contribution < 1.29 is 4.74 Å². The van der Waals surface area contributed by atoms with E-state index in [0.717, 1.165) is 49.2 Å². The Morgan fingerprint density at radius 1 is 0.865 bits per heavy atom. The fourth-order valence-electron chi connectivity index (χ4n) is 4.70. The van der Waals surface area contributed by atoms with Crippen LogP contribution in [0.4, 0.5) is 5.95 Å². The summed E-state index contributed by atoms with van der Waals surface area (Å²) in [5.74, 6) is 1.33. The third-order valence-electron chi connectivity index (χ3n) is 6.48. The van der Waals surface area contributed by atoms with Gasteiger partial charge >= 0.3 is 0 Å². The van der Waals surface area contributed by atoms with Gasteiger partial charge in [-0.2, -0.15) is 5.10 Å². The number of nitrogens with zero attached hydrogens (tertiary/aromatic N) is 4. The molecule has 5 nitrogen and oxygen atoms in total. The maximum absolute atomic E-state index is 6.37. The van der Waals surface area contributed by atoms with Crippen LogP contribution >= 0.6 is 27.5 Å². The van der Waals surface area contributed by atoms with E-state index in [1.807, 2.05) is 83.9 Å². The number of benzene rings is 4. The van der Waals surface area contributed by atoms with Crippen molar-refractivity contribution in [2.75, 3.05) is 12.1 Å². The number of hydrogen-bond donors (Lipinski definition) is 0. The molecule has 7 heteroatoms. The molecule has 6 rings (SSSR count). The zero-order valence-corrected chi connectivity index (χ0v) is 22.3. The summed E-state index contributed by atoms with van der Waals surface area (Å²) in [5.41, 5.74) is 5.66. The van der Waals surface area contributed by atoms with E-state index in [-0.39, 0.29) is 6.04 Å². The van der Waals surface area contributed by atoms with Crippen LogP contribution in [0.2, 0.25) is 5.02 Å². The lowest BCUT2D eigenvalue weighted by Gasteiger charge is -2.24. The molecule has 4 aromatic carbocycles. The first-order valence-electron chi connectivity index (χ1n) is 11.9. The lowest BCUT2D eigenvalue weighted by Crippen LogP contribution is -2.21. The van der Waals surface area contributed by atoms with Gasteiger partial charge in [0, 0.05) is 32.4 Å². The Kier molecular flexibility index (Phi) is 6.37. The van der Waals surface area contributed by atoms with E-state index in [9.17, 15) is 0 Å². The third kappa shape index (κ3) is 4.59. The molecule has 0 fully saturated rings. The van der Waals surface area contributed by atoms with E-state index in [1.54, 1.807) is 7.11 Å². The maximum Gasteiger partial charge on any atom is 0.247 e. The molecule has 0 spiro atoms. The second-order valence-corrected chi connectivity index (χ2v) is 10.1. The van der Waals surface area contributed by atoms with Crippen LogP contribution in [0, 0.1) is 0 Å². The summed E-state index contributed by atoms with van der Waals surface area (Å²) in [6, 6.07) is 31.9. The minimum absolute atomic E-state index is 0.136. The van der Waals surface area contributed by atoms with Gasteiger partial charge in [0.2, 0.25) is 5.95 Å². The second kappa shape index (κ2) is 9.96. The highest BCUT2D eigenvalue weighted by atomic mass is 79.9. The predicted octanol–water partition coefficient (Wildman–Crippen LogP) is 8.08. The number of fused-ring (bicyclic) bond motifs is 1. The predicted molar refractivity (Wildman–Crippen MR) is 153 cm³/mol. The molecule has 1 atom stereocenters. The number of para-hydroxylation sites is 1. The van der Waals surface area contributed by atoms with Gasteiger partial charge in [0.15, 0.2) is 0 Å². The molecule has 2 heterocycles. The highest BCUT2D eigenvalue weighted by Crippen LogP contribution is 2.40. The molecular weight excluding hydrogens is 548 g/mol. The number of rotatable bonds is 5. The van der Waals surface area contributed by atoms with Crippen LogP contribution in [0.25, 0.3) is 22.2 Å². The van der Waals surface area contributed by atoms with Gasteiger partial charge in [0.25, 0.3) is 0 Å². The number of anilines is 1. The highest BCUT2D eigenvalue weighted by Gasteiger charge is 2.34. The summed E-state index contributed by atoms with van der Waals surface area (Å²) in [4.78, 5) is 10.0. The molecule has 0 N–H and O–H groups in total. The Balaban J connectivity index is 1.55. The Morgan fingerprint density at radius 3 is 2.41 bits per heavy atom. The van der Waals surface area contributed by atoms with Gasteiger partial charge in [0.1, 0.15) is 5.75 Å². The van der Waals surface area contributed by atoms with Gasteiger partial charge in [-0.1, -0.05) is 88.2 Å². The van der Waals surface area contributed by atoms with Crippen molar-refractivity contribution >= 4 is 50.1 Å². The van der Waals surface area contributed by atoms with Crippen LogP contribution in [0.3, 0.4) is 0 Å². The topological polar surface area (TPSA) is 50.6 Å². The standard InChI is InChI=1S/C30H22BrClN4O/c1-37-28-10-6-5-9-23(28)27-18-26(19-11-13-21(31)14-12-19)35-36(27)30-33-25-16-15-22(32)17-24(25)29(34-30)20-7-3-2-4-8-20/h2-17,27H,18H2,1H3/t27-/m0/s1. The van der Waals surface area contributed by atoms with Crippen molar-refractivity contribution in [2.45, 2.75) is 12.5 Å². The summed E-state index contributed by atoms with van der Waals surface area (Å²) in [7, 11) is 1.69. The molecule has 0 radical (unpaired) electrons. The van der Waals surface area contributed by atoms with Gasteiger partial charge < -0.3 is 4.74 Å². The molecule has 1 aliphatic heterocycles. The number of aromatic nitrogens is 2. The fourth-order valence-corrected chi connectivity index (χ4v) is 5.14. The van der Waals surface area contributed by atoms with Gasteiger partial charge in [-0.05, 0) is 42.0 Å². The molecule has 0 amide bonds. The van der Waals surface area contributed by atoms with Crippen LogP contribution in [0.5, 0.6) is 5.75 Å². The van der Waals surface area contributed by atoms with Crippen LogP contribution in [-0.2, 0) is 0 Å². The van der Waals surface area contributed by atoms with Crippen molar-refractivity contribution in [1.29, 1.82) is 0 Å². The lowest BCUT2D eigenvalue weighted by atomic mass is 9.98. The van der Waals surface area contributed by atoms with E-state index >= 15 is 0 Å². The largest absolute Gasteiger partial charge is 0.496 e. The third-order valence-corrected chi connectivity index (χ3v) is 7.25. The summed E-state index contributed by atoms with van der Waals surface area (Å²) < 4.78 is 6.76. The number of hydrogen-bond acceptors (Lipinski definition) is 5. The first-order valence-corrected chi connectivity index (χ1v) is 13.1. The van der Waals surface area contributed by atoms with Crippen LogP contribution < -0.4 is 9.75 Å². The number of ether oxygens (including phenoxy) is 1. The normalized spacial score (nSPS) is 15.2. The summed E-state index contributed by atoms with van der Waals surface area (Å²) >= 11 is 9.91. The van der Waals surface area contributed by atoms with Crippen molar-refractivity contribution in [3.63, 3.8) is 0 Å². The average molecular weight is 570 g/mol. The van der Waals surface area contributed by atoms with Crippen molar-refractivity contribution in [3.05, 3.63) is 118 Å².